The van der Waals surface area contributed by atoms with Crippen molar-refractivity contribution in [3.63, 3.8) is 0 Å². The first-order valence-electron chi connectivity index (χ1n) is 8.24. The Morgan fingerprint density at radius 3 is 2.39 bits per heavy atom. The number of ether oxygens (including phenoxy) is 1. The molecule has 2 amide bonds. The average Bonchev–Trinajstić information content (AvgIpc) is 2.65. The summed E-state index contributed by atoms with van der Waals surface area (Å²) in [6.07, 6.45) is -1.04. The molecule has 9 heteroatoms. The zero-order chi connectivity index (χ0) is 20.7. The number of rotatable bonds is 8. The molecule has 3 N–H and O–H groups in total. The van der Waals surface area contributed by atoms with Gasteiger partial charge < -0.3 is 15.8 Å². The van der Waals surface area contributed by atoms with Gasteiger partial charge in [-0.05, 0) is 49.4 Å². The molecule has 0 radical (unpaired) electrons. The molecule has 2 aromatic carbocycles. The molecule has 148 valence electrons. The molecule has 0 fully saturated rings. The fourth-order valence-electron chi connectivity index (χ4n) is 2.09. The summed E-state index contributed by atoms with van der Waals surface area (Å²) in [6, 6.07) is 9.40. The van der Waals surface area contributed by atoms with Crippen LogP contribution in [-0.2, 0) is 14.3 Å². The van der Waals surface area contributed by atoms with E-state index in [1.807, 2.05) is 0 Å². The average molecular weight is 408 g/mol. The fraction of sp³-hybridized carbons (Fsp3) is 0.211. The molecule has 0 aliphatic carbocycles. The number of hydrogen-bond donors (Lipinski definition) is 2. The molecule has 0 aliphatic rings. The second-order valence-electron chi connectivity index (χ2n) is 5.74. The number of carbonyl (C=O) groups is 3. The summed E-state index contributed by atoms with van der Waals surface area (Å²) in [6.45, 7) is 1.42. The maximum atomic E-state index is 13.1. The summed E-state index contributed by atoms with van der Waals surface area (Å²) >= 11 is 1.17. The van der Waals surface area contributed by atoms with E-state index < -0.39 is 35.5 Å². The smallest absolute Gasteiger partial charge is 0.307 e. The third-order valence-corrected chi connectivity index (χ3v) is 4.58. The van der Waals surface area contributed by atoms with E-state index in [9.17, 15) is 23.2 Å². The van der Waals surface area contributed by atoms with Gasteiger partial charge in [0.05, 0.1) is 6.42 Å². The van der Waals surface area contributed by atoms with Gasteiger partial charge in [0, 0.05) is 21.9 Å². The summed E-state index contributed by atoms with van der Waals surface area (Å²) in [5.74, 6) is -3.32. The lowest BCUT2D eigenvalue weighted by atomic mass is 10.2. The van der Waals surface area contributed by atoms with Crippen LogP contribution in [0.1, 0.15) is 23.7 Å². The van der Waals surface area contributed by atoms with E-state index in [4.69, 9.17) is 10.5 Å². The predicted octanol–water partition coefficient (Wildman–Crippen LogP) is 3.12. The Labute approximate surface area is 164 Å². The standard InChI is InChI=1S/C19H18F2N2O4S/c1-11(19(26)23-13-4-2-12(3-5-13)18(22)25)27-17(24)8-9-28-14-6-7-15(20)16(21)10-14/h2-7,10-11H,8-9H2,1H3,(H2,22,25)(H,23,26)/t11-/m0/s1. The van der Waals surface area contributed by atoms with Crippen LogP contribution >= 0.6 is 11.8 Å². The van der Waals surface area contributed by atoms with Crippen molar-refractivity contribution >= 4 is 35.2 Å². The van der Waals surface area contributed by atoms with Gasteiger partial charge in [-0.1, -0.05) is 0 Å². The number of anilines is 1. The van der Waals surface area contributed by atoms with Gasteiger partial charge in [-0.2, -0.15) is 0 Å². The highest BCUT2D eigenvalue weighted by Gasteiger charge is 2.18. The summed E-state index contributed by atoms with van der Waals surface area (Å²) < 4.78 is 31.0. The minimum Gasteiger partial charge on any atom is -0.453 e. The van der Waals surface area contributed by atoms with E-state index in [1.54, 1.807) is 0 Å². The van der Waals surface area contributed by atoms with Crippen LogP contribution in [0.15, 0.2) is 47.4 Å². The Balaban J connectivity index is 1.76. The first-order chi connectivity index (χ1) is 13.3. The number of nitrogens with one attached hydrogen (secondary N) is 1. The van der Waals surface area contributed by atoms with Crippen LogP contribution < -0.4 is 11.1 Å². The molecule has 1 atom stereocenters. The quantitative estimate of drug-likeness (QED) is 0.517. The molecule has 6 nitrogen and oxygen atoms in total. The largest absolute Gasteiger partial charge is 0.453 e. The van der Waals surface area contributed by atoms with Gasteiger partial charge in [-0.3, -0.25) is 14.4 Å². The van der Waals surface area contributed by atoms with E-state index in [0.29, 0.717) is 16.1 Å². The van der Waals surface area contributed by atoms with Crippen LogP contribution in [-0.4, -0.2) is 29.6 Å². The van der Waals surface area contributed by atoms with Gasteiger partial charge in [-0.15, -0.1) is 11.8 Å². The SMILES string of the molecule is C[C@H](OC(=O)CCSc1ccc(F)c(F)c1)C(=O)Nc1ccc(C(N)=O)cc1. The first-order valence-corrected chi connectivity index (χ1v) is 9.23. The molecule has 0 aliphatic heterocycles. The van der Waals surface area contributed by atoms with Crippen LogP contribution in [0.5, 0.6) is 0 Å². The number of benzene rings is 2. The Kier molecular flexibility index (Phi) is 7.51. The molecule has 0 bridgehead atoms. The van der Waals surface area contributed by atoms with Crippen molar-refractivity contribution in [2.75, 3.05) is 11.1 Å². The highest BCUT2D eigenvalue weighted by atomic mass is 32.2. The summed E-state index contributed by atoms with van der Waals surface area (Å²) in [5, 5.41) is 2.56. The van der Waals surface area contributed by atoms with Gasteiger partial charge in [0.25, 0.3) is 5.91 Å². The molecule has 0 unspecified atom stereocenters. The van der Waals surface area contributed by atoms with Gasteiger partial charge in [-0.25, -0.2) is 8.78 Å². The predicted molar refractivity (Wildman–Crippen MR) is 101 cm³/mol. The van der Waals surface area contributed by atoms with Gasteiger partial charge in [0.1, 0.15) is 0 Å². The number of amides is 2. The molecule has 0 saturated carbocycles. The molecule has 0 saturated heterocycles. The van der Waals surface area contributed by atoms with Gasteiger partial charge in [0.15, 0.2) is 17.7 Å². The Morgan fingerprint density at radius 1 is 1.11 bits per heavy atom. The lowest BCUT2D eigenvalue weighted by Gasteiger charge is -2.13. The Morgan fingerprint density at radius 2 is 1.79 bits per heavy atom. The lowest BCUT2D eigenvalue weighted by molar-refractivity contribution is -0.152. The summed E-state index contributed by atoms with van der Waals surface area (Å²) in [4.78, 5) is 35.4. The number of nitrogens with two attached hydrogens (primary N) is 1. The second-order valence-corrected chi connectivity index (χ2v) is 6.91. The topological polar surface area (TPSA) is 98.5 Å². The normalized spacial score (nSPS) is 11.5. The third-order valence-electron chi connectivity index (χ3n) is 3.58. The zero-order valence-electron chi connectivity index (χ0n) is 14.9. The van der Waals surface area contributed by atoms with E-state index in [1.165, 1.54) is 49.0 Å². The number of hydrogen-bond acceptors (Lipinski definition) is 5. The van der Waals surface area contributed by atoms with Crippen LogP contribution in [0.4, 0.5) is 14.5 Å². The van der Waals surface area contributed by atoms with Crippen molar-refractivity contribution < 1.29 is 27.9 Å². The Bertz CT molecular complexity index is 875. The van der Waals surface area contributed by atoms with Crippen LogP contribution in [0.2, 0.25) is 0 Å². The maximum Gasteiger partial charge on any atom is 0.307 e. The molecular formula is C19H18F2N2O4S. The number of thioether (sulfide) groups is 1. The highest BCUT2D eigenvalue weighted by Crippen LogP contribution is 2.21. The van der Waals surface area contributed by atoms with Crippen LogP contribution in [0.25, 0.3) is 0 Å². The van der Waals surface area contributed by atoms with Crippen molar-refractivity contribution in [3.05, 3.63) is 59.7 Å². The number of halogens is 2. The molecule has 2 aromatic rings. The lowest BCUT2D eigenvalue weighted by Crippen LogP contribution is -2.30. The van der Waals surface area contributed by atoms with Gasteiger partial charge >= 0.3 is 5.97 Å². The minimum atomic E-state index is -1.03. The molecular weight excluding hydrogens is 390 g/mol. The molecule has 0 spiro atoms. The van der Waals surface area contributed by atoms with E-state index in [0.717, 1.165) is 12.1 Å². The van der Waals surface area contributed by atoms with Crippen molar-refractivity contribution in [2.24, 2.45) is 5.73 Å². The molecule has 2 rings (SSSR count). The second kappa shape index (κ2) is 9.84. The molecule has 28 heavy (non-hydrogen) atoms. The van der Waals surface area contributed by atoms with E-state index >= 15 is 0 Å². The monoisotopic (exact) mass is 408 g/mol. The summed E-state index contributed by atoms with van der Waals surface area (Å²) in [7, 11) is 0. The number of carbonyl (C=O) groups excluding carboxylic acids is 3. The number of esters is 1. The zero-order valence-corrected chi connectivity index (χ0v) is 15.7. The Hall–Kier alpha value is -2.94. The number of primary amides is 1. The van der Waals surface area contributed by atoms with Crippen molar-refractivity contribution in [2.45, 2.75) is 24.3 Å². The maximum absolute atomic E-state index is 13.1. The first kappa shape index (κ1) is 21.4. The highest BCUT2D eigenvalue weighted by molar-refractivity contribution is 7.99. The fourth-order valence-corrected chi connectivity index (χ4v) is 2.95. The van der Waals surface area contributed by atoms with E-state index in [2.05, 4.69) is 5.32 Å². The van der Waals surface area contributed by atoms with Crippen LogP contribution in [0, 0.1) is 11.6 Å². The third kappa shape index (κ3) is 6.34. The minimum absolute atomic E-state index is 0.00537. The van der Waals surface area contributed by atoms with Crippen molar-refractivity contribution in [1.82, 2.24) is 0 Å². The van der Waals surface area contributed by atoms with Gasteiger partial charge in [0.2, 0.25) is 5.91 Å². The van der Waals surface area contributed by atoms with E-state index in [-0.39, 0.29) is 12.2 Å². The molecule has 0 aromatic heterocycles. The van der Waals surface area contributed by atoms with Crippen molar-refractivity contribution in [1.29, 1.82) is 0 Å². The van der Waals surface area contributed by atoms with Crippen LogP contribution in [0.3, 0.4) is 0 Å². The van der Waals surface area contributed by atoms with Crippen molar-refractivity contribution in [3.8, 4) is 0 Å². The summed E-state index contributed by atoms with van der Waals surface area (Å²) in [5.41, 5.74) is 5.86. The molecule has 0 heterocycles.